The Balaban J connectivity index is 1.93. The molecule has 0 aromatic carbocycles. The van der Waals surface area contributed by atoms with Crippen LogP contribution in [0.3, 0.4) is 0 Å². The van der Waals surface area contributed by atoms with Crippen LogP contribution in [-0.4, -0.2) is 21.7 Å². The van der Waals surface area contributed by atoms with Gasteiger partial charge in [0.1, 0.15) is 0 Å². The number of carbonyl (C=O) groups excluding carboxylic acids is 1. The summed E-state index contributed by atoms with van der Waals surface area (Å²) in [5, 5.41) is 7.94. The molecule has 16 heavy (non-hydrogen) atoms. The number of thioether (sulfide) groups is 1. The lowest BCUT2D eigenvalue weighted by Crippen LogP contribution is -1.98. The number of halogens is 1. The molecule has 2 aromatic rings. The minimum atomic E-state index is 0.0921. The molecule has 2 aromatic heterocycles. The summed E-state index contributed by atoms with van der Waals surface area (Å²) in [6.07, 6.45) is 0. The highest BCUT2D eigenvalue weighted by atomic mass is 79.9. The number of rotatable bonds is 4. The van der Waals surface area contributed by atoms with Gasteiger partial charge in [0.2, 0.25) is 5.13 Å². The lowest BCUT2D eigenvalue weighted by atomic mass is 10.4. The van der Waals surface area contributed by atoms with E-state index < -0.39 is 0 Å². The molecule has 0 unspecified atom stereocenters. The number of nitrogen functional groups attached to an aromatic ring is 1. The smallest absolute Gasteiger partial charge is 0.203 e. The summed E-state index contributed by atoms with van der Waals surface area (Å²) < 4.78 is 1.68. The van der Waals surface area contributed by atoms with Crippen molar-refractivity contribution in [1.82, 2.24) is 10.2 Å². The topological polar surface area (TPSA) is 68.9 Å². The summed E-state index contributed by atoms with van der Waals surface area (Å²) in [5.41, 5.74) is 5.44. The van der Waals surface area contributed by atoms with Crippen molar-refractivity contribution in [3.8, 4) is 0 Å². The van der Waals surface area contributed by atoms with Gasteiger partial charge in [-0.15, -0.1) is 21.5 Å². The summed E-state index contributed by atoms with van der Waals surface area (Å²) in [4.78, 5) is 12.5. The Morgan fingerprint density at radius 3 is 2.81 bits per heavy atom. The number of nitrogens with two attached hydrogens (primary N) is 1. The third kappa shape index (κ3) is 3.03. The molecule has 0 aliphatic carbocycles. The predicted molar refractivity (Wildman–Crippen MR) is 71.4 cm³/mol. The number of Topliss-reactive ketones (excluding diaryl/α,β-unsaturated/α-hetero) is 1. The summed E-state index contributed by atoms with van der Waals surface area (Å²) in [7, 11) is 0. The van der Waals surface area contributed by atoms with Crippen molar-refractivity contribution in [3.05, 3.63) is 20.8 Å². The first kappa shape index (κ1) is 12.0. The van der Waals surface area contributed by atoms with Crippen LogP contribution in [0.1, 0.15) is 9.67 Å². The summed E-state index contributed by atoms with van der Waals surface area (Å²) in [6, 6.07) is 3.68. The zero-order valence-corrected chi connectivity index (χ0v) is 11.9. The SMILES string of the molecule is Nc1nnc(SCC(=O)c2ccc(Br)s2)s1. The molecule has 8 heteroatoms. The maximum atomic E-state index is 11.7. The van der Waals surface area contributed by atoms with Gasteiger partial charge >= 0.3 is 0 Å². The normalized spacial score (nSPS) is 10.6. The molecule has 0 aliphatic heterocycles. The number of nitrogens with zero attached hydrogens (tertiary/aromatic N) is 2. The van der Waals surface area contributed by atoms with Gasteiger partial charge in [0.15, 0.2) is 10.1 Å². The van der Waals surface area contributed by atoms with Crippen LogP contribution < -0.4 is 5.73 Å². The summed E-state index contributed by atoms with van der Waals surface area (Å²) in [6.45, 7) is 0. The van der Waals surface area contributed by atoms with Crippen molar-refractivity contribution in [2.75, 3.05) is 11.5 Å². The Morgan fingerprint density at radius 2 is 2.25 bits per heavy atom. The van der Waals surface area contributed by atoms with E-state index in [9.17, 15) is 4.79 Å². The van der Waals surface area contributed by atoms with Crippen molar-refractivity contribution >= 4 is 61.3 Å². The minimum Gasteiger partial charge on any atom is -0.374 e. The number of hydrogen-bond acceptors (Lipinski definition) is 7. The van der Waals surface area contributed by atoms with Gasteiger partial charge in [0.05, 0.1) is 14.4 Å². The second kappa shape index (κ2) is 5.26. The van der Waals surface area contributed by atoms with Crippen LogP contribution in [0, 0.1) is 0 Å². The van der Waals surface area contributed by atoms with E-state index in [1.54, 1.807) is 0 Å². The van der Waals surface area contributed by atoms with Crippen molar-refractivity contribution < 1.29 is 4.79 Å². The predicted octanol–water partition coefficient (Wildman–Crippen LogP) is 2.92. The molecule has 0 saturated heterocycles. The molecule has 2 rings (SSSR count). The van der Waals surface area contributed by atoms with Gasteiger partial charge in [0.25, 0.3) is 0 Å². The average Bonchev–Trinajstić information content (AvgIpc) is 2.84. The highest BCUT2D eigenvalue weighted by Crippen LogP contribution is 2.27. The molecule has 0 fully saturated rings. The third-order valence-electron chi connectivity index (χ3n) is 1.60. The number of thiophene rings is 1. The van der Waals surface area contributed by atoms with E-state index in [1.807, 2.05) is 12.1 Å². The van der Waals surface area contributed by atoms with Gasteiger partial charge in [-0.05, 0) is 28.1 Å². The van der Waals surface area contributed by atoms with Crippen molar-refractivity contribution in [2.45, 2.75) is 4.34 Å². The van der Waals surface area contributed by atoms with Gasteiger partial charge in [-0.2, -0.15) is 0 Å². The number of carbonyl (C=O) groups is 1. The molecular weight excluding hydrogens is 330 g/mol. The molecule has 4 nitrogen and oxygen atoms in total. The fourth-order valence-corrected chi connectivity index (χ4v) is 3.88. The van der Waals surface area contributed by atoms with Crippen LogP contribution in [0.15, 0.2) is 20.3 Å². The summed E-state index contributed by atoms with van der Waals surface area (Å²) >= 11 is 7.41. The third-order valence-corrected chi connectivity index (χ3v) is 5.15. The standard InChI is InChI=1S/C8H6BrN3OS3/c9-6-2-1-5(15-6)4(13)3-14-8-12-11-7(10)16-8/h1-2H,3H2,(H2,10,11). The number of aromatic nitrogens is 2. The molecule has 0 atom stereocenters. The molecular formula is C8H6BrN3OS3. The molecule has 2 N–H and O–H groups in total. The zero-order chi connectivity index (χ0) is 11.5. The van der Waals surface area contributed by atoms with Crippen LogP contribution in [0.5, 0.6) is 0 Å². The molecule has 2 heterocycles. The van der Waals surface area contributed by atoms with Crippen molar-refractivity contribution in [3.63, 3.8) is 0 Å². The van der Waals surface area contributed by atoms with Crippen LogP contribution in [0.25, 0.3) is 0 Å². The van der Waals surface area contributed by atoms with E-state index in [4.69, 9.17) is 5.73 Å². The summed E-state index contributed by atoms with van der Waals surface area (Å²) in [5.74, 6) is 0.455. The van der Waals surface area contributed by atoms with Crippen LogP contribution in [0.4, 0.5) is 5.13 Å². The molecule has 0 bridgehead atoms. The molecule has 0 saturated carbocycles. The number of ketones is 1. The highest BCUT2D eigenvalue weighted by molar-refractivity contribution is 9.11. The molecule has 0 amide bonds. The molecule has 84 valence electrons. The van der Waals surface area contributed by atoms with E-state index >= 15 is 0 Å². The Labute approximate surface area is 112 Å². The van der Waals surface area contributed by atoms with E-state index in [1.165, 1.54) is 34.4 Å². The lowest BCUT2D eigenvalue weighted by Gasteiger charge is -1.93. The minimum absolute atomic E-state index is 0.0921. The largest absolute Gasteiger partial charge is 0.374 e. The van der Waals surface area contributed by atoms with Gasteiger partial charge in [-0.25, -0.2) is 0 Å². The molecule has 0 aliphatic rings. The second-order valence-corrected chi connectivity index (χ2v) is 7.42. The quantitative estimate of drug-likeness (QED) is 0.687. The fourth-order valence-electron chi connectivity index (χ4n) is 0.941. The monoisotopic (exact) mass is 335 g/mol. The van der Waals surface area contributed by atoms with Gasteiger partial charge in [-0.1, -0.05) is 23.1 Å². The Bertz CT molecular complexity index is 510. The Kier molecular flexibility index (Phi) is 3.95. The maximum absolute atomic E-state index is 11.7. The van der Waals surface area contributed by atoms with E-state index in [0.717, 1.165) is 13.0 Å². The van der Waals surface area contributed by atoms with Crippen LogP contribution >= 0.6 is 50.4 Å². The van der Waals surface area contributed by atoms with E-state index in [-0.39, 0.29) is 5.78 Å². The molecule has 0 radical (unpaired) electrons. The molecule has 0 spiro atoms. The van der Waals surface area contributed by atoms with Gasteiger partial charge in [0, 0.05) is 0 Å². The lowest BCUT2D eigenvalue weighted by molar-refractivity contribution is 0.102. The van der Waals surface area contributed by atoms with Gasteiger partial charge < -0.3 is 5.73 Å². The van der Waals surface area contributed by atoms with Crippen molar-refractivity contribution in [2.24, 2.45) is 0 Å². The second-order valence-electron chi connectivity index (χ2n) is 2.72. The van der Waals surface area contributed by atoms with E-state index in [2.05, 4.69) is 26.1 Å². The van der Waals surface area contributed by atoms with E-state index in [0.29, 0.717) is 10.9 Å². The Morgan fingerprint density at radius 1 is 1.44 bits per heavy atom. The first-order valence-corrected chi connectivity index (χ1v) is 7.56. The van der Waals surface area contributed by atoms with Crippen molar-refractivity contribution in [1.29, 1.82) is 0 Å². The van der Waals surface area contributed by atoms with Crippen LogP contribution in [0.2, 0.25) is 0 Å². The first-order chi connectivity index (χ1) is 7.65. The maximum Gasteiger partial charge on any atom is 0.203 e. The van der Waals surface area contributed by atoms with Gasteiger partial charge in [-0.3, -0.25) is 4.79 Å². The first-order valence-electron chi connectivity index (χ1n) is 4.15. The fraction of sp³-hybridized carbons (Fsp3) is 0.125. The highest BCUT2D eigenvalue weighted by Gasteiger charge is 2.11. The van der Waals surface area contributed by atoms with Crippen LogP contribution in [-0.2, 0) is 0 Å². The Hall–Kier alpha value is -0.440. The number of anilines is 1. The number of hydrogen-bond donors (Lipinski definition) is 1. The zero-order valence-electron chi connectivity index (χ0n) is 7.84. The average molecular weight is 336 g/mol.